The molecule has 0 aliphatic carbocycles. The molecule has 6 heteroatoms. The Bertz CT molecular complexity index is 560. The lowest BCUT2D eigenvalue weighted by Crippen LogP contribution is -2.18. The van der Waals surface area contributed by atoms with Gasteiger partial charge in [0.2, 0.25) is 0 Å². The fraction of sp³-hybridized carbons (Fsp3) is 0.0833. The van der Waals surface area contributed by atoms with Gasteiger partial charge in [-0.1, -0.05) is 0 Å². The van der Waals surface area contributed by atoms with Crippen LogP contribution in [-0.2, 0) is 0 Å². The zero-order valence-corrected chi connectivity index (χ0v) is 10.5. The van der Waals surface area contributed by atoms with Crippen LogP contribution in [0.4, 0.5) is 0 Å². The molecule has 5 nitrogen and oxygen atoms in total. The maximum absolute atomic E-state index is 9.27. The molecule has 1 heterocycles. The third-order valence-electron chi connectivity index (χ3n) is 2.25. The fourth-order valence-electron chi connectivity index (χ4n) is 1.44. The lowest BCUT2D eigenvalue weighted by Gasteiger charge is -2.06. The number of phenolic OH excluding ortho intramolecular Hbond substituents is 1. The Balaban J connectivity index is 2.38. The molecule has 1 aromatic heterocycles. The quantitative estimate of drug-likeness (QED) is 0.579. The van der Waals surface area contributed by atoms with Crippen LogP contribution >= 0.6 is 11.3 Å². The van der Waals surface area contributed by atoms with Crippen molar-refractivity contribution in [2.45, 2.75) is 0 Å². The minimum Gasteiger partial charge on any atom is -0.508 e. The molecule has 92 valence electrons. The molecular formula is C12H12N4OS. The van der Waals surface area contributed by atoms with E-state index in [2.05, 4.69) is 15.5 Å². The summed E-state index contributed by atoms with van der Waals surface area (Å²) in [5.74, 6) is 0.184. The van der Waals surface area contributed by atoms with Crippen molar-refractivity contribution in [2.24, 2.45) is 5.10 Å². The molecule has 0 amide bonds. The summed E-state index contributed by atoms with van der Waals surface area (Å²) in [7, 11) is 1.68. The second kappa shape index (κ2) is 5.42. The SMILES string of the molecule is CN/N=C(\C(=N)c1nccs1)c1ccc(O)cc1. The zero-order chi connectivity index (χ0) is 13.0. The third-order valence-corrected chi connectivity index (χ3v) is 3.04. The van der Waals surface area contributed by atoms with Crippen molar-refractivity contribution < 1.29 is 5.11 Å². The molecular weight excluding hydrogens is 248 g/mol. The molecule has 0 spiro atoms. The summed E-state index contributed by atoms with van der Waals surface area (Å²) in [5, 5.41) is 23.9. The first-order chi connectivity index (χ1) is 8.72. The lowest BCUT2D eigenvalue weighted by atomic mass is 10.1. The summed E-state index contributed by atoms with van der Waals surface area (Å²) in [4.78, 5) is 4.10. The van der Waals surface area contributed by atoms with Crippen molar-refractivity contribution in [1.29, 1.82) is 5.41 Å². The first-order valence-electron chi connectivity index (χ1n) is 5.25. The van der Waals surface area contributed by atoms with Gasteiger partial charge in [-0.25, -0.2) is 4.98 Å². The summed E-state index contributed by atoms with van der Waals surface area (Å²) in [6, 6.07) is 6.56. The third kappa shape index (κ3) is 2.54. The van der Waals surface area contributed by atoms with Crippen LogP contribution < -0.4 is 5.43 Å². The molecule has 0 unspecified atom stereocenters. The molecule has 2 rings (SSSR count). The standard InChI is InChI=1S/C12H12N4OS/c1-14-16-11(8-2-4-9(17)5-3-8)10(13)12-15-6-7-18-12/h2-7,13-14,17H,1H3/b13-10?,16-11-. The Morgan fingerprint density at radius 2 is 2.11 bits per heavy atom. The van der Waals surface area contributed by atoms with Crippen LogP contribution in [0.25, 0.3) is 0 Å². The maximum Gasteiger partial charge on any atom is 0.143 e. The summed E-state index contributed by atoms with van der Waals surface area (Å²) in [6.45, 7) is 0. The normalized spacial score (nSPS) is 11.3. The molecule has 0 fully saturated rings. The number of benzene rings is 1. The predicted molar refractivity (Wildman–Crippen MR) is 72.6 cm³/mol. The van der Waals surface area contributed by atoms with Crippen LogP contribution in [0.5, 0.6) is 5.75 Å². The van der Waals surface area contributed by atoms with Crippen LogP contribution in [0.3, 0.4) is 0 Å². The van der Waals surface area contributed by atoms with Gasteiger partial charge in [0, 0.05) is 24.2 Å². The highest BCUT2D eigenvalue weighted by molar-refractivity contribution is 7.12. The molecule has 0 bridgehead atoms. The van der Waals surface area contributed by atoms with Crippen molar-refractivity contribution in [3.63, 3.8) is 0 Å². The second-order valence-electron chi connectivity index (χ2n) is 3.44. The van der Waals surface area contributed by atoms with E-state index in [9.17, 15) is 5.11 Å². The number of nitrogens with zero attached hydrogens (tertiary/aromatic N) is 2. The van der Waals surface area contributed by atoms with Gasteiger partial charge in [0.25, 0.3) is 0 Å². The molecule has 0 atom stereocenters. The number of nitrogens with one attached hydrogen (secondary N) is 2. The van der Waals surface area contributed by atoms with Gasteiger partial charge < -0.3 is 10.5 Å². The van der Waals surface area contributed by atoms with Crippen LogP contribution in [0.15, 0.2) is 40.9 Å². The number of thiazole rings is 1. The number of aromatic nitrogens is 1. The minimum absolute atomic E-state index is 0.184. The molecule has 0 radical (unpaired) electrons. The van der Waals surface area contributed by atoms with E-state index in [0.717, 1.165) is 5.56 Å². The highest BCUT2D eigenvalue weighted by Crippen LogP contribution is 2.14. The van der Waals surface area contributed by atoms with Crippen molar-refractivity contribution in [3.05, 3.63) is 46.4 Å². The monoisotopic (exact) mass is 260 g/mol. The van der Waals surface area contributed by atoms with Gasteiger partial charge in [0.15, 0.2) is 0 Å². The first kappa shape index (κ1) is 12.3. The summed E-state index contributed by atoms with van der Waals surface area (Å²) in [6.07, 6.45) is 1.66. The second-order valence-corrected chi connectivity index (χ2v) is 4.34. The maximum atomic E-state index is 9.27. The van der Waals surface area contributed by atoms with Crippen molar-refractivity contribution in [3.8, 4) is 5.75 Å². The molecule has 2 aromatic rings. The average molecular weight is 260 g/mol. The van der Waals surface area contributed by atoms with E-state index in [1.54, 1.807) is 37.5 Å². The van der Waals surface area contributed by atoms with Crippen molar-refractivity contribution >= 4 is 22.8 Å². The highest BCUT2D eigenvalue weighted by atomic mass is 32.1. The van der Waals surface area contributed by atoms with Crippen LogP contribution in [-0.4, -0.2) is 28.6 Å². The Kier molecular flexibility index (Phi) is 3.69. The van der Waals surface area contributed by atoms with Crippen LogP contribution in [0.1, 0.15) is 10.6 Å². The van der Waals surface area contributed by atoms with E-state index in [1.165, 1.54) is 11.3 Å². The Labute approximate surface area is 108 Å². The zero-order valence-electron chi connectivity index (χ0n) is 9.71. The van der Waals surface area contributed by atoms with Gasteiger partial charge in [0.1, 0.15) is 22.2 Å². The molecule has 0 saturated heterocycles. The van der Waals surface area contributed by atoms with Gasteiger partial charge in [-0.2, -0.15) is 5.10 Å². The van der Waals surface area contributed by atoms with E-state index in [4.69, 9.17) is 5.41 Å². The number of hydrogen-bond acceptors (Lipinski definition) is 6. The van der Waals surface area contributed by atoms with E-state index < -0.39 is 0 Å². The first-order valence-corrected chi connectivity index (χ1v) is 6.13. The Morgan fingerprint density at radius 1 is 1.39 bits per heavy atom. The molecule has 1 aromatic carbocycles. The lowest BCUT2D eigenvalue weighted by molar-refractivity contribution is 0.475. The molecule has 3 N–H and O–H groups in total. The summed E-state index contributed by atoms with van der Waals surface area (Å²) >= 11 is 1.39. The van der Waals surface area contributed by atoms with Crippen molar-refractivity contribution in [1.82, 2.24) is 10.4 Å². The number of rotatable bonds is 4. The summed E-state index contributed by atoms with van der Waals surface area (Å²) < 4.78 is 0. The number of hydrazone groups is 1. The van der Waals surface area contributed by atoms with E-state index in [-0.39, 0.29) is 11.5 Å². The van der Waals surface area contributed by atoms with Gasteiger partial charge in [0.05, 0.1) is 0 Å². The van der Waals surface area contributed by atoms with E-state index in [0.29, 0.717) is 10.7 Å². The van der Waals surface area contributed by atoms with Gasteiger partial charge in [-0.3, -0.25) is 5.41 Å². The highest BCUT2D eigenvalue weighted by Gasteiger charge is 2.14. The Hall–Kier alpha value is -2.21. The van der Waals surface area contributed by atoms with Crippen LogP contribution in [0.2, 0.25) is 0 Å². The largest absolute Gasteiger partial charge is 0.508 e. The number of hydrogen-bond donors (Lipinski definition) is 3. The average Bonchev–Trinajstić information content (AvgIpc) is 2.90. The van der Waals surface area contributed by atoms with E-state index >= 15 is 0 Å². The Morgan fingerprint density at radius 3 is 2.67 bits per heavy atom. The predicted octanol–water partition coefficient (Wildman–Crippen LogP) is 1.84. The van der Waals surface area contributed by atoms with Crippen LogP contribution in [0, 0.1) is 5.41 Å². The van der Waals surface area contributed by atoms with Gasteiger partial charge >= 0.3 is 0 Å². The fourth-order valence-corrected chi connectivity index (χ4v) is 2.03. The van der Waals surface area contributed by atoms with Gasteiger partial charge in [-0.15, -0.1) is 11.3 Å². The molecule has 0 aliphatic rings. The molecule has 0 saturated carbocycles. The minimum atomic E-state index is 0.184. The molecule has 0 aliphatic heterocycles. The topological polar surface area (TPSA) is 81.4 Å². The van der Waals surface area contributed by atoms with Gasteiger partial charge in [-0.05, 0) is 24.3 Å². The number of phenols is 1. The number of aromatic hydroxyl groups is 1. The van der Waals surface area contributed by atoms with E-state index in [1.807, 2.05) is 5.38 Å². The molecule has 18 heavy (non-hydrogen) atoms. The smallest absolute Gasteiger partial charge is 0.143 e. The summed E-state index contributed by atoms with van der Waals surface area (Å²) in [5.41, 5.74) is 4.19. The van der Waals surface area contributed by atoms with Crippen molar-refractivity contribution in [2.75, 3.05) is 7.05 Å².